The first-order valence-electron chi connectivity index (χ1n) is 12.2. The van der Waals surface area contributed by atoms with Gasteiger partial charge >= 0.3 is 0 Å². The quantitative estimate of drug-likeness (QED) is 0.593. The highest BCUT2D eigenvalue weighted by atomic mass is 16.5. The first-order chi connectivity index (χ1) is 17.0. The van der Waals surface area contributed by atoms with E-state index in [0.29, 0.717) is 30.6 Å². The minimum Gasteiger partial charge on any atom is -0.496 e. The summed E-state index contributed by atoms with van der Waals surface area (Å²) in [5.74, 6) is 2.21. The number of rotatable bonds is 5. The van der Waals surface area contributed by atoms with Gasteiger partial charge in [0.25, 0.3) is 0 Å². The third kappa shape index (κ3) is 4.76. The maximum absolute atomic E-state index is 9.77. The highest BCUT2D eigenvalue weighted by molar-refractivity contribution is 5.90. The van der Waals surface area contributed by atoms with Crippen molar-refractivity contribution >= 4 is 22.8 Å². The van der Waals surface area contributed by atoms with Crippen LogP contribution in [0.3, 0.4) is 0 Å². The average molecular weight is 480 g/mol. The molecule has 1 N–H and O–H groups in total. The number of fused-ring (bicyclic) bond motifs is 1. The van der Waals surface area contributed by atoms with Crippen LogP contribution in [0, 0.1) is 0 Å². The van der Waals surface area contributed by atoms with E-state index in [1.807, 2.05) is 30.3 Å². The number of aliphatic hydroxyl groups excluding tert-OH is 1. The molecule has 2 saturated heterocycles. The second kappa shape index (κ2) is 9.93. The maximum atomic E-state index is 9.77. The van der Waals surface area contributed by atoms with E-state index >= 15 is 0 Å². The Labute approximate surface area is 205 Å². The Morgan fingerprint density at radius 3 is 2.57 bits per heavy atom. The SMILES string of the molecule is COc1ccc(-c2ccc3c(N4CC(C)OC(C)C4)nc(N4CCOCC4C)nc3n2)cc1CO. The number of hydrogen-bond acceptors (Lipinski definition) is 9. The van der Waals surface area contributed by atoms with Crippen LogP contribution in [-0.2, 0) is 16.1 Å². The molecule has 9 heteroatoms. The van der Waals surface area contributed by atoms with E-state index in [-0.39, 0.29) is 24.9 Å². The van der Waals surface area contributed by atoms with Crippen molar-refractivity contribution in [3.63, 3.8) is 0 Å². The molecule has 3 atom stereocenters. The predicted molar refractivity (Wildman–Crippen MR) is 135 cm³/mol. The van der Waals surface area contributed by atoms with Gasteiger partial charge in [-0.2, -0.15) is 9.97 Å². The van der Waals surface area contributed by atoms with Crippen molar-refractivity contribution in [1.82, 2.24) is 15.0 Å². The Morgan fingerprint density at radius 1 is 1.06 bits per heavy atom. The topological polar surface area (TPSA) is 93.1 Å². The molecule has 2 aliphatic rings. The van der Waals surface area contributed by atoms with Gasteiger partial charge in [0, 0.05) is 30.8 Å². The molecule has 0 spiro atoms. The monoisotopic (exact) mass is 479 g/mol. The van der Waals surface area contributed by atoms with Crippen LogP contribution in [0.2, 0.25) is 0 Å². The van der Waals surface area contributed by atoms with Gasteiger partial charge in [0.1, 0.15) is 11.6 Å². The lowest BCUT2D eigenvalue weighted by molar-refractivity contribution is -0.00537. The molecule has 0 bridgehead atoms. The fourth-order valence-electron chi connectivity index (χ4n) is 4.95. The van der Waals surface area contributed by atoms with Gasteiger partial charge in [-0.3, -0.25) is 0 Å². The van der Waals surface area contributed by atoms with Crippen LogP contribution in [0.4, 0.5) is 11.8 Å². The molecule has 0 saturated carbocycles. The molecule has 5 rings (SSSR count). The van der Waals surface area contributed by atoms with Crippen LogP contribution >= 0.6 is 0 Å². The number of pyridine rings is 1. The van der Waals surface area contributed by atoms with Crippen LogP contribution in [0.15, 0.2) is 30.3 Å². The summed E-state index contributed by atoms with van der Waals surface area (Å²) >= 11 is 0. The number of hydrogen-bond donors (Lipinski definition) is 1. The van der Waals surface area contributed by atoms with E-state index < -0.39 is 0 Å². The molecule has 4 heterocycles. The van der Waals surface area contributed by atoms with Crippen molar-refractivity contribution in [1.29, 1.82) is 0 Å². The van der Waals surface area contributed by atoms with Crippen molar-refractivity contribution in [3.8, 4) is 17.0 Å². The van der Waals surface area contributed by atoms with Gasteiger partial charge in [-0.05, 0) is 51.1 Å². The molecule has 3 aromatic rings. The summed E-state index contributed by atoms with van der Waals surface area (Å²) in [6.45, 7) is 9.75. The fraction of sp³-hybridized carbons (Fsp3) is 0.500. The highest BCUT2D eigenvalue weighted by Gasteiger charge is 2.28. The summed E-state index contributed by atoms with van der Waals surface area (Å²) in [6, 6.07) is 9.93. The lowest BCUT2D eigenvalue weighted by Crippen LogP contribution is -2.47. The third-order valence-corrected chi connectivity index (χ3v) is 6.62. The standard InChI is InChI=1S/C26H33N5O4/c1-16-15-34-10-9-31(16)26-28-24-21(25(29-26)30-12-17(2)35-18(3)13-30)6-7-22(27-24)19-5-8-23(33-4)20(11-19)14-32/h5-8,11,16-18,32H,9-10,12-15H2,1-4H3. The lowest BCUT2D eigenvalue weighted by Gasteiger charge is -2.38. The molecule has 9 nitrogen and oxygen atoms in total. The van der Waals surface area contributed by atoms with Crippen LogP contribution in [0.25, 0.3) is 22.3 Å². The van der Waals surface area contributed by atoms with Crippen LogP contribution in [0.1, 0.15) is 26.3 Å². The number of benzene rings is 1. The lowest BCUT2D eigenvalue weighted by atomic mass is 10.1. The molecule has 2 aliphatic heterocycles. The number of methoxy groups -OCH3 is 1. The van der Waals surface area contributed by atoms with Crippen molar-refractivity contribution in [2.45, 2.75) is 45.6 Å². The molecule has 186 valence electrons. The Morgan fingerprint density at radius 2 is 1.86 bits per heavy atom. The third-order valence-electron chi connectivity index (χ3n) is 6.62. The molecular formula is C26H33N5O4. The van der Waals surface area contributed by atoms with E-state index in [0.717, 1.165) is 47.7 Å². The van der Waals surface area contributed by atoms with Gasteiger partial charge < -0.3 is 29.1 Å². The highest BCUT2D eigenvalue weighted by Crippen LogP contribution is 2.32. The number of aromatic nitrogens is 3. The molecule has 0 amide bonds. The van der Waals surface area contributed by atoms with Gasteiger partial charge in [0.05, 0.1) is 56.3 Å². The first-order valence-corrected chi connectivity index (χ1v) is 12.2. The van der Waals surface area contributed by atoms with Crippen molar-refractivity contribution in [2.24, 2.45) is 0 Å². The summed E-state index contributed by atoms with van der Waals surface area (Å²) in [7, 11) is 1.60. The Hall–Kier alpha value is -3.01. The minimum absolute atomic E-state index is 0.108. The zero-order chi connectivity index (χ0) is 24.5. The molecule has 0 radical (unpaired) electrons. The number of nitrogens with zero attached hydrogens (tertiary/aromatic N) is 5. The van der Waals surface area contributed by atoms with Crippen LogP contribution < -0.4 is 14.5 Å². The predicted octanol–water partition coefficient (Wildman–Crippen LogP) is 3.03. The van der Waals surface area contributed by atoms with E-state index in [4.69, 9.17) is 29.2 Å². The molecule has 3 unspecified atom stereocenters. The summed E-state index contributed by atoms with van der Waals surface area (Å²) in [5, 5.41) is 10.7. The van der Waals surface area contributed by atoms with Crippen molar-refractivity contribution in [3.05, 3.63) is 35.9 Å². The number of morpholine rings is 2. The van der Waals surface area contributed by atoms with Gasteiger partial charge in [-0.25, -0.2) is 4.98 Å². The largest absolute Gasteiger partial charge is 0.496 e. The Balaban J connectivity index is 1.63. The zero-order valence-electron chi connectivity index (χ0n) is 20.8. The summed E-state index contributed by atoms with van der Waals surface area (Å²) < 4.78 is 17.0. The van der Waals surface area contributed by atoms with Crippen molar-refractivity contribution < 1.29 is 19.3 Å². The van der Waals surface area contributed by atoms with E-state index in [1.165, 1.54) is 0 Å². The summed E-state index contributed by atoms with van der Waals surface area (Å²) in [4.78, 5) is 19.4. The smallest absolute Gasteiger partial charge is 0.229 e. The van der Waals surface area contributed by atoms with Crippen LogP contribution in [0.5, 0.6) is 5.75 Å². The second-order valence-corrected chi connectivity index (χ2v) is 9.38. The van der Waals surface area contributed by atoms with Gasteiger partial charge in [-0.15, -0.1) is 0 Å². The summed E-state index contributed by atoms with van der Waals surface area (Å²) in [5.41, 5.74) is 3.04. The molecule has 2 aromatic heterocycles. The van der Waals surface area contributed by atoms with Gasteiger partial charge in [0.2, 0.25) is 5.95 Å². The van der Waals surface area contributed by atoms with Crippen molar-refractivity contribution in [2.75, 3.05) is 49.8 Å². The molecule has 0 aliphatic carbocycles. The Bertz CT molecular complexity index is 1200. The molecular weight excluding hydrogens is 446 g/mol. The van der Waals surface area contributed by atoms with E-state index in [2.05, 4.69) is 30.6 Å². The van der Waals surface area contributed by atoms with Gasteiger partial charge in [-0.1, -0.05) is 0 Å². The van der Waals surface area contributed by atoms with E-state index in [1.54, 1.807) is 7.11 Å². The normalized spacial score (nSPS) is 23.1. The fourth-order valence-corrected chi connectivity index (χ4v) is 4.95. The maximum Gasteiger partial charge on any atom is 0.229 e. The zero-order valence-corrected chi connectivity index (χ0v) is 20.8. The molecule has 1 aromatic carbocycles. The number of ether oxygens (including phenoxy) is 3. The van der Waals surface area contributed by atoms with Gasteiger partial charge in [0.15, 0.2) is 5.65 Å². The Kier molecular flexibility index (Phi) is 6.73. The first kappa shape index (κ1) is 23.7. The second-order valence-electron chi connectivity index (χ2n) is 9.38. The minimum atomic E-state index is -0.108. The molecule has 2 fully saturated rings. The number of anilines is 2. The van der Waals surface area contributed by atoms with Crippen LogP contribution in [-0.4, -0.2) is 78.3 Å². The molecule has 35 heavy (non-hydrogen) atoms. The number of aliphatic hydroxyl groups is 1. The summed E-state index contributed by atoms with van der Waals surface area (Å²) in [6.07, 6.45) is 0.218. The van der Waals surface area contributed by atoms with E-state index in [9.17, 15) is 5.11 Å². The average Bonchev–Trinajstić information content (AvgIpc) is 2.87.